The monoisotopic (exact) mass is 355 g/mol. The second-order valence-electron chi connectivity index (χ2n) is 6.41. The Hall–Kier alpha value is -2.21. The third-order valence-electron chi connectivity index (χ3n) is 4.50. The molecule has 6 heteroatoms. The van der Waals surface area contributed by atoms with Crippen LogP contribution in [-0.4, -0.2) is 33.2 Å². The van der Waals surface area contributed by atoms with E-state index in [1.165, 1.54) is 5.56 Å². The highest BCUT2D eigenvalue weighted by atomic mass is 35.5. The number of hydrogen-bond acceptors (Lipinski definition) is 5. The topological polar surface area (TPSA) is 62.4 Å². The Morgan fingerprint density at radius 2 is 1.88 bits per heavy atom. The minimum absolute atomic E-state index is 0.271. The first-order valence-corrected chi connectivity index (χ1v) is 8.59. The molecule has 1 aromatic heterocycles. The molecule has 1 aliphatic rings. The Morgan fingerprint density at radius 3 is 2.64 bits per heavy atom. The van der Waals surface area contributed by atoms with E-state index >= 15 is 0 Å². The summed E-state index contributed by atoms with van der Waals surface area (Å²) in [7, 11) is 0. The van der Waals surface area contributed by atoms with Crippen LogP contribution in [0.4, 0.5) is 0 Å². The molecule has 128 valence electrons. The summed E-state index contributed by atoms with van der Waals surface area (Å²) in [5.74, 6) is 0.731. The Kier molecular flexibility index (Phi) is 4.29. The highest BCUT2D eigenvalue weighted by molar-refractivity contribution is 6.30. The molecule has 3 aromatic rings. The molecule has 1 aliphatic heterocycles. The standard InChI is InChI=1S/C19H18ClN3O2/c20-16-8-6-15(7-9-16)17-21-18(25-22-17)19(24)10-11-23(13-19)12-14-4-2-1-3-5-14/h1-9,24H,10-13H2. The summed E-state index contributed by atoms with van der Waals surface area (Å²) in [4.78, 5) is 6.60. The number of rotatable bonds is 4. The summed E-state index contributed by atoms with van der Waals surface area (Å²) in [5, 5.41) is 15.6. The lowest BCUT2D eigenvalue weighted by Crippen LogP contribution is -2.31. The Labute approximate surface area is 150 Å². The summed E-state index contributed by atoms with van der Waals surface area (Å²) >= 11 is 5.90. The molecule has 5 nitrogen and oxygen atoms in total. The van der Waals surface area contributed by atoms with Crippen LogP contribution >= 0.6 is 11.6 Å². The zero-order valence-electron chi connectivity index (χ0n) is 13.6. The van der Waals surface area contributed by atoms with Gasteiger partial charge in [-0.3, -0.25) is 4.90 Å². The van der Waals surface area contributed by atoms with Crippen LogP contribution in [0, 0.1) is 0 Å². The van der Waals surface area contributed by atoms with Gasteiger partial charge in [0.15, 0.2) is 5.60 Å². The number of halogens is 1. The predicted molar refractivity (Wildman–Crippen MR) is 95.0 cm³/mol. The summed E-state index contributed by atoms with van der Waals surface area (Å²) in [6.07, 6.45) is 0.572. The molecule has 0 amide bonds. The fourth-order valence-corrected chi connectivity index (χ4v) is 3.28. The summed E-state index contributed by atoms with van der Waals surface area (Å²) in [6, 6.07) is 17.4. The highest BCUT2D eigenvalue weighted by Crippen LogP contribution is 2.32. The summed E-state index contributed by atoms with van der Waals surface area (Å²) in [5.41, 5.74) is 0.924. The maximum absolute atomic E-state index is 11.0. The number of β-amino-alcohol motifs (C(OH)–C–C–N with tert-alkyl or cyclic N) is 1. The molecule has 0 radical (unpaired) electrons. The predicted octanol–water partition coefficient (Wildman–Crippen LogP) is 3.48. The molecule has 1 unspecified atom stereocenters. The van der Waals surface area contributed by atoms with Gasteiger partial charge in [0.2, 0.25) is 5.82 Å². The van der Waals surface area contributed by atoms with Crippen molar-refractivity contribution in [2.45, 2.75) is 18.6 Å². The van der Waals surface area contributed by atoms with E-state index in [2.05, 4.69) is 27.2 Å². The van der Waals surface area contributed by atoms with Gasteiger partial charge in [-0.15, -0.1) is 0 Å². The zero-order valence-corrected chi connectivity index (χ0v) is 14.4. The molecule has 4 rings (SSSR count). The summed E-state index contributed by atoms with van der Waals surface area (Å²) in [6.45, 7) is 2.05. The van der Waals surface area contributed by atoms with E-state index in [9.17, 15) is 5.11 Å². The molecule has 2 heterocycles. The van der Waals surface area contributed by atoms with Crippen molar-refractivity contribution >= 4 is 11.6 Å². The van der Waals surface area contributed by atoms with Gasteiger partial charge in [0.25, 0.3) is 5.89 Å². The van der Waals surface area contributed by atoms with Crippen molar-refractivity contribution in [1.82, 2.24) is 15.0 Å². The van der Waals surface area contributed by atoms with Gasteiger partial charge in [-0.2, -0.15) is 4.98 Å². The fraction of sp³-hybridized carbons (Fsp3) is 0.263. The largest absolute Gasteiger partial charge is 0.379 e. The minimum Gasteiger partial charge on any atom is -0.379 e. The molecule has 1 fully saturated rings. The van der Waals surface area contributed by atoms with E-state index in [-0.39, 0.29) is 5.89 Å². The van der Waals surface area contributed by atoms with E-state index < -0.39 is 5.60 Å². The van der Waals surface area contributed by atoms with Crippen molar-refractivity contribution in [2.75, 3.05) is 13.1 Å². The van der Waals surface area contributed by atoms with Crippen LogP contribution in [-0.2, 0) is 12.1 Å². The van der Waals surface area contributed by atoms with Gasteiger partial charge in [0.1, 0.15) is 0 Å². The van der Waals surface area contributed by atoms with Crippen molar-refractivity contribution in [2.24, 2.45) is 0 Å². The van der Waals surface area contributed by atoms with Crippen LogP contribution in [0.1, 0.15) is 17.9 Å². The molecule has 0 spiro atoms. The molecular formula is C19H18ClN3O2. The van der Waals surface area contributed by atoms with Gasteiger partial charge in [-0.05, 0) is 36.2 Å². The minimum atomic E-state index is -1.10. The second kappa shape index (κ2) is 6.59. The van der Waals surface area contributed by atoms with Gasteiger partial charge in [0, 0.05) is 30.2 Å². The third kappa shape index (κ3) is 3.44. The molecular weight excluding hydrogens is 338 g/mol. The molecule has 1 atom stereocenters. The summed E-state index contributed by atoms with van der Waals surface area (Å²) < 4.78 is 5.36. The van der Waals surface area contributed by atoms with Crippen LogP contribution in [0.5, 0.6) is 0 Å². The lowest BCUT2D eigenvalue weighted by Gasteiger charge is -2.19. The number of benzene rings is 2. The Morgan fingerprint density at radius 1 is 1.12 bits per heavy atom. The smallest absolute Gasteiger partial charge is 0.260 e. The van der Waals surface area contributed by atoms with Gasteiger partial charge < -0.3 is 9.63 Å². The lowest BCUT2D eigenvalue weighted by atomic mass is 10.0. The van der Waals surface area contributed by atoms with Crippen LogP contribution in [0.15, 0.2) is 59.1 Å². The number of nitrogens with zero attached hydrogens (tertiary/aromatic N) is 3. The van der Waals surface area contributed by atoms with Crippen molar-refractivity contribution in [3.8, 4) is 11.4 Å². The van der Waals surface area contributed by atoms with E-state index in [0.717, 1.165) is 18.7 Å². The van der Waals surface area contributed by atoms with Gasteiger partial charge in [-0.1, -0.05) is 47.1 Å². The fourth-order valence-electron chi connectivity index (χ4n) is 3.15. The molecule has 1 N–H and O–H groups in total. The van der Waals surface area contributed by atoms with E-state index in [4.69, 9.17) is 16.1 Å². The average Bonchev–Trinajstić information content (AvgIpc) is 3.25. The van der Waals surface area contributed by atoms with Crippen molar-refractivity contribution in [1.29, 1.82) is 0 Å². The number of hydrogen-bond donors (Lipinski definition) is 1. The first-order valence-electron chi connectivity index (χ1n) is 8.21. The maximum Gasteiger partial charge on any atom is 0.260 e. The quantitative estimate of drug-likeness (QED) is 0.776. The van der Waals surface area contributed by atoms with Crippen molar-refractivity contribution in [3.63, 3.8) is 0 Å². The van der Waals surface area contributed by atoms with Crippen molar-refractivity contribution < 1.29 is 9.63 Å². The molecule has 0 bridgehead atoms. The first kappa shape index (κ1) is 16.3. The Bertz CT molecular complexity index is 851. The normalized spacial score (nSPS) is 20.9. The number of aromatic nitrogens is 2. The Balaban J connectivity index is 1.49. The second-order valence-corrected chi connectivity index (χ2v) is 6.84. The molecule has 0 aliphatic carbocycles. The molecule has 0 saturated carbocycles. The van der Waals surface area contributed by atoms with Crippen LogP contribution < -0.4 is 0 Å². The molecule has 25 heavy (non-hydrogen) atoms. The van der Waals surface area contributed by atoms with Gasteiger partial charge in [-0.25, -0.2) is 0 Å². The average molecular weight is 356 g/mol. The van der Waals surface area contributed by atoms with E-state index in [1.807, 2.05) is 30.3 Å². The molecule has 2 aromatic carbocycles. The van der Waals surface area contributed by atoms with Crippen LogP contribution in [0.2, 0.25) is 5.02 Å². The zero-order chi connectivity index (χ0) is 17.3. The maximum atomic E-state index is 11.0. The van der Waals surface area contributed by atoms with Gasteiger partial charge >= 0.3 is 0 Å². The number of aliphatic hydroxyl groups is 1. The van der Waals surface area contributed by atoms with Gasteiger partial charge in [0.05, 0.1) is 0 Å². The van der Waals surface area contributed by atoms with Crippen LogP contribution in [0.3, 0.4) is 0 Å². The van der Waals surface area contributed by atoms with Crippen molar-refractivity contribution in [3.05, 3.63) is 71.1 Å². The molecule has 1 saturated heterocycles. The van der Waals surface area contributed by atoms with E-state index in [0.29, 0.717) is 23.8 Å². The highest BCUT2D eigenvalue weighted by Gasteiger charge is 2.42. The first-order chi connectivity index (χ1) is 12.1. The number of likely N-dealkylation sites (tertiary alicyclic amines) is 1. The van der Waals surface area contributed by atoms with Crippen LogP contribution in [0.25, 0.3) is 11.4 Å². The SMILES string of the molecule is OC1(c2nc(-c3ccc(Cl)cc3)no2)CCN(Cc2ccccc2)C1. The lowest BCUT2D eigenvalue weighted by molar-refractivity contribution is 0.0131. The van der Waals surface area contributed by atoms with E-state index in [1.54, 1.807) is 12.1 Å². The third-order valence-corrected chi connectivity index (χ3v) is 4.75.